The summed E-state index contributed by atoms with van der Waals surface area (Å²) in [6.07, 6.45) is 1.69. The Morgan fingerprint density at radius 3 is 2.80 bits per heavy atom. The first-order valence-electron chi connectivity index (χ1n) is 7.75. The minimum absolute atomic E-state index is 0.114. The molecule has 2 aromatic carbocycles. The number of rotatable bonds is 6. The zero-order chi connectivity index (χ0) is 17.8. The van der Waals surface area contributed by atoms with E-state index in [1.165, 1.54) is 0 Å². The number of amides is 1. The minimum Gasteiger partial charge on any atom is -0.490 e. The number of nitrogens with zero attached hydrogens (tertiary/aromatic N) is 1. The van der Waals surface area contributed by atoms with Gasteiger partial charge in [0.1, 0.15) is 12.4 Å². The summed E-state index contributed by atoms with van der Waals surface area (Å²) >= 11 is 6.15. The van der Waals surface area contributed by atoms with E-state index in [4.69, 9.17) is 25.8 Å². The van der Waals surface area contributed by atoms with Crippen molar-refractivity contribution in [2.75, 3.05) is 20.4 Å². The lowest BCUT2D eigenvalue weighted by molar-refractivity contribution is 0.0784. The van der Waals surface area contributed by atoms with Crippen LogP contribution >= 0.6 is 11.6 Å². The molecule has 0 saturated heterocycles. The maximum absolute atomic E-state index is 12.6. The maximum atomic E-state index is 12.6. The van der Waals surface area contributed by atoms with Crippen LogP contribution in [0.1, 0.15) is 15.9 Å². The van der Waals surface area contributed by atoms with Crippen LogP contribution in [-0.4, -0.2) is 31.3 Å². The fourth-order valence-corrected chi connectivity index (χ4v) is 2.77. The second-order valence-corrected chi connectivity index (χ2v) is 6.00. The molecule has 0 bridgehead atoms. The summed E-state index contributed by atoms with van der Waals surface area (Å²) in [5, 5.41) is 0.371. The molecular formula is C19H18ClNO4. The number of carbonyl (C=O) groups is 1. The molecule has 1 aliphatic rings. The molecule has 2 aromatic rings. The Morgan fingerprint density at radius 2 is 2.08 bits per heavy atom. The molecule has 0 unspecified atom stereocenters. The Hall–Kier alpha value is -2.66. The fraction of sp³-hybridized carbons (Fsp3) is 0.211. The standard InChI is InChI=1S/C19H18ClNO4/c1-3-8-23-15-6-4-13(5-7-15)11-21(2)19(22)14-9-16(20)18-17(10-14)24-12-25-18/h3-7,9-10H,1,8,11-12H2,2H3. The lowest BCUT2D eigenvalue weighted by Gasteiger charge is -2.18. The SMILES string of the molecule is C=CCOc1ccc(CN(C)C(=O)c2cc(Cl)c3c(c2)OCO3)cc1. The van der Waals surface area contributed by atoms with Gasteiger partial charge in [-0.25, -0.2) is 0 Å². The van der Waals surface area contributed by atoms with Gasteiger partial charge >= 0.3 is 0 Å². The van der Waals surface area contributed by atoms with Crippen LogP contribution in [0.25, 0.3) is 0 Å². The van der Waals surface area contributed by atoms with E-state index >= 15 is 0 Å². The molecule has 0 saturated carbocycles. The number of halogens is 1. The molecule has 25 heavy (non-hydrogen) atoms. The molecule has 0 aliphatic carbocycles. The lowest BCUT2D eigenvalue weighted by Crippen LogP contribution is -2.26. The van der Waals surface area contributed by atoms with Gasteiger partial charge in [0.2, 0.25) is 6.79 Å². The smallest absolute Gasteiger partial charge is 0.254 e. The Bertz CT molecular complexity index is 789. The van der Waals surface area contributed by atoms with Crippen molar-refractivity contribution in [3.8, 4) is 17.2 Å². The van der Waals surface area contributed by atoms with Crippen molar-refractivity contribution in [3.05, 3.63) is 65.2 Å². The molecule has 6 heteroatoms. The molecule has 5 nitrogen and oxygen atoms in total. The van der Waals surface area contributed by atoms with E-state index in [1.807, 2.05) is 24.3 Å². The van der Waals surface area contributed by atoms with Gasteiger partial charge in [0, 0.05) is 19.2 Å². The summed E-state index contributed by atoms with van der Waals surface area (Å²) in [5.41, 5.74) is 1.45. The van der Waals surface area contributed by atoms with Crippen LogP contribution in [0.2, 0.25) is 5.02 Å². The Kier molecular flexibility index (Phi) is 5.14. The summed E-state index contributed by atoms with van der Waals surface area (Å²) in [7, 11) is 1.74. The molecule has 0 spiro atoms. The summed E-state index contributed by atoms with van der Waals surface area (Å²) in [5.74, 6) is 1.59. The zero-order valence-electron chi connectivity index (χ0n) is 13.8. The van der Waals surface area contributed by atoms with Crippen molar-refractivity contribution < 1.29 is 19.0 Å². The third-order valence-corrected chi connectivity index (χ3v) is 4.01. The highest BCUT2D eigenvalue weighted by Crippen LogP contribution is 2.40. The molecule has 3 rings (SSSR count). The van der Waals surface area contributed by atoms with E-state index in [1.54, 1.807) is 30.2 Å². The van der Waals surface area contributed by atoms with Crippen LogP contribution < -0.4 is 14.2 Å². The highest BCUT2D eigenvalue weighted by molar-refractivity contribution is 6.32. The van der Waals surface area contributed by atoms with Gasteiger partial charge in [0.15, 0.2) is 11.5 Å². The predicted molar refractivity (Wildman–Crippen MR) is 95.5 cm³/mol. The van der Waals surface area contributed by atoms with Crippen molar-refractivity contribution in [2.24, 2.45) is 0 Å². The third-order valence-electron chi connectivity index (χ3n) is 3.73. The van der Waals surface area contributed by atoms with Crippen molar-refractivity contribution in [1.29, 1.82) is 0 Å². The van der Waals surface area contributed by atoms with Gasteiger partial charge in [0.25, 0.3) is 5.91 Å². The first-order chi connectivity index (χ1) is 12.1. The van der Waals surface area contributed by atoms with E-state index < -0.39 is 0 Å². The van der Waals surface area contributed by atoms with Crippen LogP contribution in [-0.2, 0) is 6.54 Å². The van der Waals surface area contributed by atoms with Gasteiger partial charge in [-0.3, -0.25) is 4.79 Å². The van der Waals surface area contributed by atoms with Gasteiger partial charge in [-0.15, -0.1) is 0 Å². The monoisotopic (exact) mass is 359 g/mol. The van der Waals surface area contributed by atoms with E-state index in [-0.39, 0.29) is 12.7 Å². The van der Waals surface area contributed by atoms with Crippen molar-refractivity contribution in [3.63, 3.8) is 0 Å². The van der Waals surface area contributed by atoms with Crippen molar-refractivity contribution >= 4 is 17.5 Å². The van der Waals surface area contributed by atoms with Crippen LogP contribution in [0.4, 0.5) is 0 Å². The van der Waals surface area contributed by atoms with Crippen LogP contribution in [0.5, 0.6) is 17.2 Å². The molecule has 130 valence electrons. The predicted octanol–water partition coefficient (Wildman–Crippen LogP) is 3.91. The molecular weight excluding hydrogens is 342 g/mol. The zero-order valence-corrected chi connectivity index (χ0v) is 14.6. The van der Waals surface area contributed by atoms with E-state index in [9.17, 15) is 4.79 Å². The second kappa shape index (κ2) is 7.49. The minimum atomic E-state index is -0.146. The molecule has 0 radical (unpaired) electrons. The summed E-state index contributed by atoms with van der Waals surface area (Å²) < 4.78 is 16.0. The van der Waals surface area contributed by atoms with Gasteiger partial charge in [0.05, 0.1) is 5.02 Å². The molecule has 1 heterocycles. The highest BCUT2D eigenvalue weighted by Gasteiger charge is 2.22. The molecule has 1 aliphatic heterocycles. The molecule has 0 aromatic heterocycles. The average Bonchev–Trinajstić information content (AvgIpc) is 3.09. The molecule has 0 atom stereocenters. The molecule has 0 N–H and O–H groups in total. The van der Waals surface area contributed by atoms with Crippen LogP contribution in [0.15, 0.2) is 49.1 Å². The topological polar surface area (TPSA) is 48.0 Å². The molecule has 0 fully saturated rings. The number of carbonyl (C=O) groups excluding carboxylic acids is 1. The number of benzene rings is 2. The highest BCUT2D eigenvalue weighted by atomic mass is 35.5. The first kappa shape index (κ1) is 17.2. The van der Waals surface area contributed by atoms with Gasteiger partial charge < -0.3 is 19.1 Å². The van der Waals surface area contributed by atoms with Crippen LogP contribution in [0, 0.1) is 0 Å². The Labute approximate surface area is 151 Å². The normalized spacial score (nSPS) is 11.9. The number of fused-ring (bicyclic) bond motifs is 1. The first-order valence-corrected chi connectivity index (χ1v) is 8.13. The van der Waals surface area contributed by atoms with Crippen molar-refractivity contribution in [2.45, 2.75) is 6.54 Å². The number of hydrogen-bond donors (Lipinski definition) is 0. The average molecular weight is 360 g/mol. The summed E-state index contributed by atoms with van der Waals surface area (Å²) in [6, 6.07) is 10.8. The number of ether oxygens (including phenoxy) is 3. The van der Waals surface area contributed by atoms with Crippen molar-refractivity contribution in [1.82, 2.24) is 4.90 Å². The van der Waals surface area contributed by atoms with E-state index in [2.05, 4.69) is 6.58 Å². The van der Waals surface area contributed by atoms with Gasteiger partial charge in [-0.2, -0.15) is 0 Å². The maximum Gasteiger partial charge on any atom is 0.254 e. The Balaban J connectivity index is 1.68. The quantitative estimate of drug-likeness (QED) is 0.734. The summed E-state index contributed by atoms with van der Waals surface area (Å²) in [4.78, 5) is 14.3. The lowest BCUT2D eigenvalue weighted by atomic mass is 10.1. The van der Waals surface area contributed by atoms with Gasteiger partial charge in [-0.05, 0) is 29.8 Å². The molecule has 1 amide bonds. The number of hydrogen-bond acceptors (Lipinski definition) is 4. The van der Waals surface area contributed by atoms with Crippen LogP contribution in [0.3, 0.4) is 0 Å². The van der Waals surface area contributed by atoms with E-state index in [0.717, 1.165) is 11.3 Å². The van der Waals surface area contributed by atoms with E-state index in [0.29, 0.717) is 35.2 Å². The second-order valence-electron chi connectivity index (χ2n) is 5.60. The third kappa shape index (κ3) is 3.88. The van der Waals surface area contributed by atoms with Gasteiger partial charge in [-0.1, -0.05) is 36.4 Å². The Morgan fingerprint density at radius 1 is 1.32 bits per heavy atom. The largest absolute Gasteiger partial charge is 0.490 e. The summed E-state index contributed by atoms with van der Waals surface area (Å²) in [6.45, 7) is 4.65. The fourth-order valence-electron chi connectivity index (χ4n) is 2.50.